The van der Waals surface area contributed by atoms with Gasteiger partial charge in [-0.3, -0.25) is 20.4 Å². The van der Waals surface area contributed by atoms with E-state index < -0.39 is 38.6 Å². The normalized spacial score (nSPS) is 12.3. The summed E-state index contributed by atoms with van der Waals surface area (Å²) in [6.45, 7) is 1.21. The molecule has 2 rings (SSSR count). The van der Waals surface area contributed by atoms with Crippen LogP contribution in [0.25, 0.3) is 0 Å². The Morgan fingerprint density at radius 2 is 1.81 bits per heavy atom. The molecule has 4 N–H and O–H groups in total. The highest BCUT2D eigenvalue weighted by atomic mass is 35.5. The molecule has 2 amide bonds. The second kappa shape index (κ2) is 8.33. The van der Waals surface area contributed by atoms with Gasteiger partial charge in [0.15, 0.2) is 0 Å². The summed E-state index contributed by atoms with van der Waals surface area (Å²) in [4.78, 5) is 23.3. The summed E-state index contributed by atoms with van der Waals surface area (Å²) in [5.74, 6) is -3.11. The molecule has 2 aromatic rings. The Morgan fingerprint density at radius 3 is 2.48 bits per heavy atom. The Balaban J connectivity index is 2.00. The molecule has 0 aliphatic heterocycles. The number of hydrogen-bond acceptors (Lipinski definition) is 5. The lowest BCUT2D eigenvalue weighted by Gasteiger charge is -2.15. The molecule has 2 aromatic carbocycles. The maximum atomic E-state index is 13.6. The summed E-state index contributed by atoms with van der Waals surface area (Å²) in [5, 5.41) is 9.82. The van der Waals surface area contributed by atoms with Gasteiger partial charge in [-0.1, -0.05) is 23.7 Å². The predicted octanol–water partition coefficient (Wildman–Crippen LogP) is 1.31. The fraction of sp³-hybridized carbons (Fsp3) is 0.125. The van der Waals surface area contributed by atoms with E-state index in [9.17, 15) is 27.5 Å². The molecule has 0 fully saturated rings. The number of nitrogens with one attached hydrogen (secondary N) is 3. The van der Waals surface area contributed by atoms with E-state index in [0.717, 1.165) is 12.1 Å². The molecule has 0 aliphatic rings. The van der Waals surface area contributed by atoms with Crippen molar-refractivity contribution in [3.8, 4) is 5.75 Å². The fourth-order valence-corrected chi connectivity index (χ4v) is 3.45. The molecular formula is C16H15ClFN3O5S. The minimum atomic E-state index is -4.29. The van der Waals surface area contributed by atoms with Crippen LogP contribution in [0.1, 0.15) is 17.3 Å². The number of hydrazine groups is 1. The molecule has 0 spiro atoms. The van der Waals surface area contributed by atoms with Crippen LogP contribution in [0.15, 0.2) is 47.4 Å². The van der Waals surface area contributed by atoms with Gasteiger partial charge in [-0.15, -0.1) is 0 Å². The van der Waals surface area contributed by atoms with Crippen LogP contribution in [-0.4, -0.2) is 31.4 Å². The highest BCUT2D eigenvalue weighted by Crippen LogP contribution is 2.21. The summed E-state index contributed by atoms with van der Waals surface area (Å²) in [7, 11) is -4.29. The van der Waals surface area contributed by atoms with Crippen LogP contribution < -0.4 is 15.6 Å². The minimum absolute atomic E-state index is 0.190. The minimum Gasteiger partial charge on any atom is -0.507 e. The zero-order valence-corrected chi connectivity index (χ0v) is 15.4. The number of aromatic hydroxyl groups is 1. The summed E-state index contributed by atoms with van der Waals surface area (Å²) < 4.78 is 39.9. The largest absolute Gasteiger partial charge is 0.507 e. The van der Waals surface area contributed by atoms with Crippen LogP contribution in [0.4, 0.5) is 4.39 Å². The Bertz CT molecular complexity index is 984. The van der Waals surface area contributed by atoms with Gasteiger partial charge in [0.2, 0.25) is 10.0 Å². The van der Waals surface area contributed by atoms with Crippen LogP contribution in [0.5, 0.6) is 5.75 Å². The molecule has 0 aliphatic carbocycles. The molecule has 1 atom stereocenters. The Kier molecular flexibility index (Phi) is 6.37. The number of carbonyl (C=O) groups excluding carboxylic acids is 2. The number of phenols is 1. The van der Waals surface area contributed by atoms with E-state index in [4.69, 9.17) is 11.6 Å². The van der Waals surface area contributed by atoms with Gasteiger partial charge in [0.1, 0.15) is 16.5 Å². The lowest BCUT2D eigenvalue weighted by atomic mass is 10.2. The van der Waals surface area contributed by atoms with Gasteiger partial charge in [-0.25, -0.2) is 12.8 Å². The number of benzene rings is 2. The van der Waals surface area contributed by atoms with Gasteiger partial charge in [0, 0.05) is 5.02 Å². The molecule has 0 bridgehead atoms. The highest BCUT2D eigenvalue weighted by Gasteiger charge is 2.25. The Labute approximate surface area is 159 Å². The second-order valence-corrected chi connectivity index (χ2v) is 7.50. The second-order valence-electron chi connectivity index (χ2n) is 5.38. The molecule has 0 saturated carbocycles. The number of phenolic OH excluding ortho intramolecular Hbond substituents is 1. The molecule has 0 heterocycles. The standard InChI is InChI=1S/C16H15ClFN3O5S/c1-9(21-27(25,26)14-5-3-2-4-12(14)18)15(23)19-20-16(24)11-8-10(17)6-7-13(11)22/h2-9,21-22H,1H3,(H,19,23)(H,20,24)/t9-/m0/s1. The Hall–Kier alpha value is -2.69. The van der Waals surface area contributed by atoms with Gasteiger partial charge in [0.05, 0.1) is 11.6 Å². The maximum Gasteiger partial charge on any atom is 0.273 e. The van der Waals surface area contributed by atoms with Crippen molar-refractivity contribution in [2.45, 2.75) is 17.9 Å². The maximum absolute atomic E-state index is 13.6. The zero-order valence-electron chi connectivity index (χ0n) is 13.9. The van der Waals surface area contributed by atoms with E-state index in [1.54, 1.807) is 0 Å². The van der Waals surface area contributed by atoms with Crippen LogP contribution >= 0.6 is 11.6 Å². The lowest BCUT2D eigenvalue weighted by Crippen LogP contribution is -2.51. The average Bonchev–Trinajstić information content (AvgIpc) is 2.61. The molecule has 11 heteroatoms. The monoisotopic (exact) mass is 415 g/mol. The SMILES string of the molecule is C[C@H](NS(=O)(=O)c1ccccc1F)C(=O)NNC(=O)c1cc(Cl)ccc1O. The topological polar surface area (TPSA) is 125 Å². The van der Waals surface area contributed by atoms with Crippen molar-refractivity contribution in [1.29, 1.82) is 0 Å². The predicted molar refractivity (Wildman–Crippen MR) is 94.9 cm³/mol. The molecule has 27 heavy (non-hydrogen) atoms. The number of sulfonamides is 1. The molecule has 0 aromatic heterocycles. The van der Waals surface area contributed by atoms with Gasteiger partial charge in [-0.2, -0.15) is 4.72 Å². The van der Waals surface area contributed by atoms with Crippen molar-refractivity contribution in [2.75, 3.05) is 0 Å². The third kappa shape index (κ3) is 5.16. The Morgan fingerprint density at radius 1 is 1.15 bits per heavy atom. The first-order valence-electron chi connectivity index (χ1n) is 7.47. The van der Waals surface area contributed by atoms with Gasteiger partial charge < -0.3 is 5.11 Å². The van der Waals surface area contributed by atoms with Gasteiger partial charge in [0.25, 0.3) is 11.8 Å². The first kappa shape index (κ1) is 20.6. The molecule has 0 radical (unpaired) electrons. The van der Waals surface area contributed by atoms with Gasteiger partial charge in [-0.05, 0) is 37.3 Å². The number of amides is 2. The van der Waals surface area contributed by atoms with Gasteiger partial charge >= 0.3 is 0 Å². The summed E-state index contributed by atoms with van der Waals surface area (Å²) in [6.07, 6.45) is 0. The van der Waals surface area contributed by atoms with Crippen molar-refractivity contribution in [3.05, 3.63) is 58.9 Å². The van der Waals surface area contributed by atoms with E-state index in [1.807, 2.05) is 15.6 Å². The molecule has 0 saturated heterocycles. The van der Waals surface area contributed by atoms with E-state index in [2.05, 4.69) is 0 Å². The van der Waals surface area contributed by atoms with Crippen LogP contribution in [0, 0.1) is 5.82 Å². The third-order valence-electron chi connectivity index (χ3n) is 3.35. The third-order valence-corrected chi connectivity index (χ3v) is 5.16. The summed E-state index contributed by atoms with van der Waals surface area (Å²) in [5.41, 5.74) is 3.83. The van der Waals surface area contributed by atoms with E-state index in [-0.39, 0.29) is 16.3 Å². The van der Waals surface area contributed by atoms with E-state index in [1.165, 1.54) is 37.3 Å². The summed E-state index contributed by atoms with van der Waals surface area (Å²) in [6, 6.07) is 7.09. The van der Waals surface area contributed by atoms with E-state index in [0.29, 0.717) is 0 Å². The van der Waals surface area contributed by atoms with Crippen molar-refractivity contribution in [1.82, 2.24) is 15.6 Å². The van der Waals surface area contributed by atoms with Crippen molar-refractivity contribution in [3.63, 3.8) is 0 Å². The van der Waals surface area contributed by atoms with Crippen LogP contribution in [-0.2, 0) is 14.8 Å². The summed E-state index contributed by atoms with van der Waals surface area (Å²) >= 11 is 5.73. The molecule has 0 unspecified atom stereocenters. The highest BCUT2D eigenvalue weighted by molar-refractivity contribution is 7.89. The van der Waals surface area contributed by atoms with Crippen molar-refractivity contribution >= 4 is 33.4 Å². The molecular weight excluding hydrogens is 401 g/mol. The van der Waals surface area contributed by atoms with Crippen LogP contribution in [0.2, 0.25) is 5.02 Å². The number of hydrogen-bond donors (Lipinski definition) is 4. The van der Waals surface area contributed by atoms with Crippen LogP contribution in [0.3, 0.4) is 0 Å². The molecule has 8 nitrogen and oxygen atoms in total. The lowest BCUT2D eigenvalue weighted by molar-refractivity contribution is -0.123. The average molecular weight is 416 g/mol. The fourth-order valence-electron chi connectivity index (χ4n) is 2.00. The van der Waals surface area contributed by atoms with Crippen molar-refractivity contribution in [2.24, 2.45) is 0 Å². The quantitative estimate of drug-likeness (QED) is 0.548. The van der Waals surface area contributed by atoms with Crippen molar-refractivity contribution < 1.29 is 27.5 Å². The number of carbonyl (C=O) groups is 2. The number of rotatable bonds is 5. The number of halogens is 2. The first-order chi connectivity index (χ1) is 12.6. The van der Waals surface area contributed by atoms with E-state index >= 15 is 0 Å². The zero-order chi connectivity index (χ0) is 20.2. The smallest absolute Gasteiger partial charge is 0.273 e. The molecule has 144 valence electrons. The first-order valence-corrected chi connectivity index (χ1v) is 9.33.